The highest BCUT2D eigenvalue weighted by Crippen LogP contribution is 2.35. The van der Waals surface area contributed by atoms with E-state index in [1.807, 2.05) is 0 Å². The molecule has 184 valence electrons. The van der Waals surface area contributed by atoms with Gasteiger partial charge in [0, 0.05) is 29.2 Å². The molecule has 2 heterocycles. The number of hydrogen-bond donors (Lipinski definition) is 2. The van der Waals surface area contributed by atoms with Crippen molar-refractivity contribution in [2.24, 2.45) is 0 Å². The van der Waals surface area contributed by atoms with E-state index in [0.29, 0.717) is 12.1 Å². The summed E-state index contributed by atoms with van der Waals surface area (Å²) >= 11 is 0. The summed E-state index contributed by atoms with van der Waals surface area (Å²) in [5.41, 5.74) is -2.43. The predicted molar refractivity (Wildman–Crippen MR) is 105 cm³/mol. The number of nitrogens with one attached hydrogen (secondary N) is 2. The first-order chi connectivity index (χ1) is 16.4. The minimum atomic E-state index is -5.21. The van der Waals surface area contributed by atoms with Crippen LogP contribution < -0.4 is 10.6 Å². The van der Waals surface area contributed by atoms with Gasteiger partial charge in [0.15, 0.2) is 6.04 Å². The highest BCUT2D eigenvalue weighted by molar-refractivity contribution is 6.06. The maximum atomic E-state index is 15.2. The van der Waals surface area contributed by atoms with E-state index in [0.717, 1.165) is 17.0 Å². The van der Waals surface area contributed by atoms with Crippen LogP contribution in [0.3, 0.4) is 0 Å². The van der Waals surface area contributed by atoms with Crippen LogP contribution >= 0.6 is 0 Å². The van der Waals surface area contributed by atoms with Gasteiger partial charge < -0.3 is 10.2 Å². The highest BCUT2D eigenvalue weighted by Gasteiger charge is 2.45. The van der Waals surface area contributed by atoms with Crippen molar-refractivity contribution in [3.63, 3.8) is 0 Å². The third-order valence-corrected chi connectivity index (χ3v) is 5.77. The Balaban J connectivity index is 1.61. The van der Waals surface area contributed by atoms with Crippen molar-refractivity contribution in [2.75, 3.05) is 0 Å². The number of halogens is 6. The molecule has 2 aromatic carbocycles. The molecule has 0 radical (unpaired) electrons. The summed E-state index contributed by atoms with van der Waals surface area (Å²) in [6.07, 6.45) is -5.26. The van der Waals surface area contributed by atoms with Crippen molar-refractivity contribution in [3.05, 3.63) is 70.0 Å². The van der Waals surface area contributed by atoms with E-state index in [-0.39, 0.29) is 30.0 Å². The van der Waals surface area contributed by atoms with E-state index in [2.05, 4.69) is 5.32 Å². The van der Waals surface area contributed by atoms with Crippen LogP contribution in [0, 0.1) is 17.5 Å². The molecule has 0 aliphatic carbocycles. The summed E-state index contributed by atoms with van der Waals surface area (Å²) in [4.78, 5) is 49.7. The predicted octanol–water partition coefficient (Wildman–Crippen LogP) is 2.90. The molecule has 4 amide bonds. The second kappa shape index (κ2) is 8.71. The molecular formula is C22H15F6N3O4. The SMILES string of the molecule is O=C1CCC(N2Cc3c(ccc(C(=O)N[C@H](c4ccc(F)cc4F)C(F)(F)F)c3F)C2=O)C(=O)N1. The summed E-state index contributed by atoms with van der Waals surface area (Å²) in [6, 6.07) is -0.851. The number of amides is 4. The lowest BCUT2D eigenvalue weighted by molar-refractivity contribution is -0.155. The quantitative estimate of drug-likeness (QED) is 0.500. The van der Waals surface area contributed by atoms with Crippen LogP contribution in [0.15, 0.2) is 30.3 Å². The van der Waals surface area contributed by atoms with Crippen molar-refractivity contribution in [1.82, 2.24) is 15.5 Å². The normalized spacial score (nSPS) is 18.9. The van der Waals surface area contributed by atoms with Crippen LogP contribution in [0.1, 0.15) is 50.7 Å². The van der Waals surface area contributed by atoms with Crippen molar-refractivity contribution in [1.29, 1.82) is 0 Å². The van der Waals surface area contributed by atoms with E-state index in [1.165, 1.54) is 5.32 Å². The number of rotatable bonds is 4. The fraction of sp³-hybridized carbons (Fsp3) is 0.273. The second-order valence-corrected chi connectivity index (χ2v) is 7.97. The van der Waals surface area contributed by atoms with Gasteiger partial charge in [0.05, 0.1) is 12.1 Å². The molecule has 2 N–H and O–H groups in total. The minimum Gasteiger partial charge on any atom is -0.337 e. The van der Waals surface area contributed by atoms with Gasteiger partial charge in [0.1, 0.15) is 23.5 Å². The Kier molecular flexibility index (Phi) is 6.03. The maximum Gasteiger partial charge on any atom is 0.412 e. The molecule has 2 aromatic rings. The molecule has 1 saturated heterocycles. The molecule has 0 aromatic heterocycles. The summed E-state index contributed by atoms with van der Waals surface area (Å²) in [5.74, 6) is -7.57. The number of fused-ring (bicyclic) bond motifs is 1. The van der Waals surface area contributed by atoms with Gasteiger partial charge in [-0.3, -0.25) is 24.5 Å². The molecule has 1 unspecified atom stereocenters. The van der Waals surface area contributed by atoms with Gasteiger partial charge in [-0.05, 0) is 24.6 Å². The van der Waals surface area contributed by atoms with Gasteiger partial charge in [-0.1, -0.05) is 6.07 Å². The molecule has 2 aliphatic rings. The maximum absolute atomic E-state index is 15.2. The fourth-order valence-electron chi connectivity index (χ4n) is 4.06. The molecule has 2 atom stereocenters. The van der Waals surface area contributed by atoms with E-state index in [4.69, 9.17) is 0 Å². The summed E-state index contributed by atoms with van der Waals surface area (Å²) in [5, 5.41) is 3.58. The van der Waals surface area contributed by atoms with Gasteiger partial charge >= 0.3 is 6.18 Å². The molecule has 4 rings (SSSR count). The van der Waals surface area contributed by atoms with Crippen LogP contribution in [-0.2, 0) is 16.1 Å². The number of imide groups is 1. The summed E-state index contributed by atoms with van der Waals surface area (Å²) in [7, 11) is 0. The number of piperidine rings is 1. The Labute approximate surface area is 193 Å². The molecule has 0 spiro atoms. The number of carbonyl (C=O) groups is 4. The Bertz CT molecular complexity index is 1260. The van der Waals surface area contributed by atoms with Crippen molar-refractivity contribution >= 4 is 23.6 Å². The zero-order valence-corrected chi connectivity index (χ0v) is 17.5. The van der Waals surface area contributed by atoms with Gasteiger partial charge in [0.2, 0.25) is 11.8 Å². The summed E-state index contributed by atoms with van der Waals surface area (Å²) in [6.45, 7) is -0.456. The molecule has 13 heteroatoms. The zero-order valence-electron chi connectivity index (χ0n) is 17.5. The van der Waals surface area contributed by atoms with Crippen LogP contribution in [0.25, 0.3) is 0 Å². The highest BCUT2D eigenvalue weighted by atomic mass is 19.4. The lowest BCUT2D eigenvalue weighted by atomic mass is 10.0. The van der Waals surface area contributed by atoms with E-state index in [9.17, 15) is 41.1 Å². The average Bonchev–Trinajstić information content (AvgIpc) is 3.09. The second-order valence-electron chi connectivity index (χ2n) is 7.97. The van der Waals surface area contributed by atoms with Gasteiger partial charge in [-0.15, -0.1) is 0 Å². The van der Waals surface area contributed by atoms with E-state index < -0.39 is 77.0 Å². The number of benzene rings is 2. The number of hydrogen-bond acceptors (Lipinski definition) is 4. The largest absolute Gasteiger partial charge is 0.412 e. The molecule has 35 heavy (non-hydrogen) atoms. The van der Waals surface area contributed by atoms with E-state index >= 15 is 4.39 Å². The minimum absolute atomic E-state index is 0.00411. The smallest absolute Gasteiger partial charge is 0.337 e. The number of alkyl halides is 3. The van der Waals surface area contributed by atoms with Gasteiger partial charge in [-0.25, -0.2) is 13.2 Å². The Morgan fingerprint density at radius 1 is 1.09 bits per heavy atom. The lowest BCUT2D eigenvalue weighted by Crippen LogP contribution is -2.52. The lowest BCUT2D eigenvalue weighted by Gasteiger charge is -2.29. The van der Waals surface area contributed by atoms with Crippen molar-refractivity contribution < 1.29 is 45.5 Å². The number of carbonyl (C=O) groups excluding carboxylic acids is 4. The average molecular weight is 499 g/mol. The molecule has 1 fully saturated rings. The first-order valence-electron chi connectivity index (χ1n) is 10.2. The first kappa shape index (κ1) is 24.2. The first-order valence-corrected chi connectivity index (χ1v) is 10.2. The Morgan fingerprint density at radius 3 is 2.43 bits per heavy atom. The van der Waals surface area contributed by atoms with Gasteiger partial charge in [-0.2, -0.15) is 13.2 Å². The molecule has 0 bridgehead atoms. The van der Waals surface area contributed by atoms with Gasteiger partial charge in [0.25, 0.3) is 11.8 Å². The monoisotopic (exact) mass is 499 g/mol. The standard InChI is InChI=1S/C22H15F6N3O4/c23-9-1-2-11(14(24)7-9)18(22(26,27)28)30-19(33)12-4-3-10-13(17(12)25)8-31(21(10)35)15-5-6-16(32)29-20(15)34/h1-4,7,15,18H,5-6,8H2,(H,30,33)(H,29,32,34)/t15?,18-/m1/s1. The van der Waals surface area contributed by atoms with Crippen LogP contribution in [-0.4, -0.2) is 40.7 Å². The molecule has 7 nitrogen and oxygen atoms in total. The number of nitrogens with zero attached hydrogens (tertiary/aromatic N) is 1. The van der Waals surface area contributed by atoms with Crippen LogP contribution in [0.5, 0.6) is 0 Å². The Hall–Kier alpha value is -3.90. The summed E-state index contributed by atoms with van der Waals surface area (Å²) < 4.78 is 83.0. The van der Waals surface area contributed by atoms with Crippen molar-refractivity contribution in [3.8, 4) is 0 Å². The molecular weight excluding hydrogens is 484 g/mol. The Morgan fingerprint density at radius 2 is 1.80 bits per heavy atom. The van der Waals surface area contributed by atoms with Crippen molar-refractivity contribution in [2.45, 2.75) is 37.6 Å². The molecule has 0 saturated carbocycles. The zero-order chi connectivity index (χ0) is 25.7. The van der Waals surface area contributed by atoms with Crippen LogP contribution in [0.2, 0.25) is 0 Å². The molecule has 2 aliphatic heterocycles. The topological polar surface area (TPSA) is 95.6 Å². The third-order valence-electron chi connectivity index (χ3n) is 5.77. The van der Waals surface area contributed by atoms with Crippen LogP contribution in [0.4, 0.5) is 26.3 Å². The fourth-order valence-corrected chi connectivity index (χ4v) is 4.06. The van der Waals surface area contributed by atoms with E-state index in [1.54, 1.807) is 0 Å². The third kappa shape index (κ3) is 4.45.